The number of allylic oxidation sites excluding steroid dienone is 1. The Morgan fingerprint density at radius 1 is 1.25 bits per heavy atom. The first-order valence-electron chi connectivity index (χ1n) is 14.2. The molecule has 1 saturated heterocycles. The van der Waals surface area contributed by atoms with Gasteiger partial charge >= 0.3 is 11.9 Å². The maximum atomic E-state index is 13.4. The van der Waals surface area contributed by atoms with Crippen molar-refractivity contribution >= 4 is 17.7 Å². The normalized spacial score (nSPS) is 48.9. The summed E-state index contributed by atoms with van der Waals surface area (Å²) < 4.78 is 18.2. The van der Waals surface area contributed by atoms with Crippen LogP contribution in [0.5, 0.6) is 0 Å². The second kappa shape index (κ2) is 8.70. The number of epoxide rings is 1. The molecule has 4 aliphatic carbocycles. The van der Waals surface area contributed by atoms with Crippen LogP contribution in [0.15, 0.2) is 23.3 Å². The maximum Gasteiger partial charge on any atom is 0.333 e. The molecule has 12 unspecified atom stereocenters. The lowest BCUT2D eigenvalue weighted by Gasteiger charge is -2.54. The van der Waals surface area contributed by atoms with E-state index in [0.717, 1.165) is 0 Å². The van der Waals surface area contributed by atoms with Crippen LogP contribution in [-0.2, 0) is 28.6 Å². The van der Waals surface area contributed by atoms with Crippen LogP contribution in [0.4, 0.5) is 0 Å². The summed E-state index contributed by atoms with van der Waals surface area (Å²) in [4.78, 5) is 40.0. The average Bonchev–Trinajstić information content (AvgIpc) is 3.76. The van der Waals surface area contributed by atoms with Gasteiger partial charge in [-0.1, -0.05) is 46.8 Å². The largest absolute Gasteiger partial charge is 0.454 e. The number of fused-ring (bicyclic) bond motifs is 7. The van der Waals surface area contributed by atoms with Crippen molar-refractivity contribution < 1.29 is 49.0 Å². The van der Waals surface area contributed by atoms with Crippen molar-refractivity contribution in [2.24, 2.45) is 35.0 Å². The van der Waals surface area contributed by atoms with Gasteiger partial charge in [0, 0.05) is 34.7 Å². The van der Waals surface area contributed by atoms with E-state index in [4.69, 9.17) is 14.2 Å². The molecule has 1 aliphatic heterocycles. The highest BCUT2D eigenvalue weighted by atomic mass is 16.7. The summed E-state index contributed by atoms with van der Waals surface area (Å²) in [5, 5.41) is 47.2. The summed E-state index contributed by atoms with van der Waals surface area (Å²) in [6.07, 6.45) is -0.376. The Balaban J connectivity index is 1.74. The number of aliphatic hydroxyl groups is 4. The molecule has 5 rings (SSSR count). The van der Waals surface area contributed by atoms with Crippen LogP contribution in [0.1, 0.15) is 61.8 Å². The van der Waals surface area contributed by atoms with Crippen molar-refractivity contribution in [3.8, 4) is 0 Å². The van der Waals surface area contributed by atoms with Crippen LogP contribution >= 0.6 is 0 Å². The Bertz CT molecular complexity index is 1220. The molecule has 0 aromatic rings. The van der Waals surface area contributed by atoms with Crippen LogP contribution in [0.2, 0.25) is 0 Å². The van der Waals surface area contributed by atoms with Gasteiger partial charge in [0.25, 0.3) is 0 Å². The van der Waals surface area contributed by atoms with Gasteiger partial charge in [0.05, 0.1) is 24.2 Å². The van der Waals surface area contributed by atoms with Crippen molar-refractivity contribution in [3.63, 3.8) is 0 Å². The first-order chi connectivity index (χ1) is 18.5. The van der Waals surface area contributed by atoms with E-state index in [1.807, 2.05) is 20.8 Å². The number of ether oxygens (including phenoxy) is 3. The van der Waals surface area contributed by atoms with Gasteiger partial charge in [0.15, 0.2) is 17.0 Å². The lowest BCUT2D eigenvalue weighted by molar-refractivity contribution is -0.250. The van der Waals surface area contributed by atoms with Gasteiger partial charge < -0.3 is 34.6 Å². The Hall–Kier alpha value is -2.11. The lowest BCUT2D eigenvalue weighted by atomic mass is 9.58. The number of hydrogen-bond acceptors (Lipinski definition) is 10. The zero-order valence-electron chi connectivity index (χ0n) is 24.4. The van der Waals surface area contributed by atoms with Crippen LogP contribution in [-0.4, -0.2) is 85.5 Å². The van der Waals surface area contributed by atoms with Crippen LogP contribution in [0.3, 0.4) is 0 Å². The average molecular weight is 563 g/mol. The third kappa shape index (κ3) is 3.14. The minimum atomic E-state index is -2.26. The number of carbonyl (C=O) groups is 3. The van der Waals surface area contributed by atoms with E-state index in [-0.39, 0.29) is 5.57 Å². The molecule has 0 spiro atoms. The van der Waals surface area contributed by atoms with Gasteiger partial charge in [-0.2, -0.15) is 0 Å². The molecule has 222 valence electrons. The van der Waals surface area contributed by atoms with Gasteiger partial charge in [-0.25, -0.2) is 4.79 Å². The Morgan fingerprint density at radius 3 is 2.42 bits per heavy atom. The minimum Gasteiger partial charge on any atom is -0.454 e. The second-order valence-corrected chi connectivity index (χ2v) is 13.3. The van der Waals surface area contributed by atoms with Crippen molar-refractivity contribution in [1.82, 2.24) is 0 Å². The topological polar surface area (TPSA) is 163 Å². The second-order valence-electron chi connectivity index (χ2n) is 13.3. The molecule has 3 saturated carbocycles. The molecule has 40 heavy (non-hydrogen) atoms. The van der Waals surface area contributed by atoms with Gasteiger partial charge in [-0.3, -0.25) is 9.59 Å². The number of hydrogen-bond donors (Lipinski definition) is 4. The molecule has 12 atom stereocenters. The number of rotatable bonds is 6. The number of aliphatic hydroxyl groups excluding tert-OH is 2. The number of ketones is 1. The van der Waals surface area contributed by atoms with Crippen molar-refractivity contribution in [3.05, 3.63) is 23.3 Å². The zero-order chi connectivity index (χ0) is 30.0. The predicted octanol–water partition coefficient (Wildman–Crippen LogP) is 1.23. The lowest BCUT2D eigenvalue weighted by Crippen LogP contribution is -2.69. The van der Waals surface area contributed by atoms with E-state index in [9.17, 15) is 34.8 Å². The zero-order valence-corrected chi connectivity index (χ0v) is 24.4. The molecule has 4 fully saturated rings. The number of carbonyl (C=O) groups excluding carboxylic acids is 3. The highest BCUT2D eigenvalue weighted by molar-refractivity contribution is 6.05. The summed E-state index contributed by atoms with van der Waals surface area (Å²) in [6.45, 7) is 13.0. The van der Waals surface area contributed by atoms with Gasteiger partial charge in [0.1, 0.15) is 17.8 Å². The van der Waals surface area contributed by atoms with Crippen molar-refractivity contribution in [1.29, 1.82) is 0 Å². The molecular weight excluding hydrogens is 520 g/mol. The van der Waals surface area contributed by atoms with Crippen molar-refractivity contribution in [2.75, 3.05) is 6.61 Å². The summed E-state index contributed by atoms with van der Waals surface area (Å²) >= 11 is 0. The highest BCUT2D eigenvalue weighted by Crippen LogP contribution is 2.79. The minimum absolute atomic E-state index is 0.221. The maximum absolute atomic E-state index is 13.4. The van der Waals surface area contributed by atoms with Gasteiger partial charge in [-0.15, -0.1) is 0 Å². The monoisotopic (exact) mass is 562 g/mol. The van der Waals surface area contributed by atoms with Crippen LogP contribution in [0, 0.1) is 35.0 Å². The summed E-state index contributed by atoms with van der Waals surface area (Å²) in [7, 11) is 0. The molecule has 4 N–H and O–H groups in total. The van der Waals surface area contributed by atoms with E-state index in [0.29, 0.717) is 12.0 Å². The summed E-state index contributed by atoms with van der Waals surface area (Å²) in [6, 6.07) is 0. The predicted molar refractivity (Wildman–Crippen MR) is 140 cm³/mol. The Labute approximate surface area is 234 Å². The van der Waals surface area contributed by atoms with Crippen molar-refractivity contribution in [2.45, 2.75) is 103 Å². The van der Waals surface area contributed by atoms with E-state index >= 15 is 0 Å². The quantitative estimate of drug-likeness (QED) is 0.210. The third-order valence-corrected chi connectivity index (χ3v) is 11.3. The van der Waals surface area contributed by atoms with E-state index in [2.05, 4.69) is 0 Å². The molecular formula is C30H42O10. The standard InChI is InChI=1S/C30H42O10/c1-9-13(3)23(34)38-22-16(6)28(36)17-11-15(5)20(32)29(17,37)25-27(12-31,40-25)21(33)18(28)19-26(7,8)30(19,22)39-24(35)14(4)10-2/h9,11,14,16-19,21-22,25,31,33,36-37H,10,12H2,1-8H3/b13-9+. The fourth-order valence-electron chi connectivity index (χ4n) is 8.44. The fraction of sp³-hybridized carbons (Fsp3) is 0.767. The Morgan fingerprint density at radius 2 is 1.88 bits per heavy atom. The molecule has 1 heterocycles. The Kier molecular flexibility index (Phi) is 6.39. The van der Waals surface area contributed by atoms with E-state index in [1.54, 1.807) is 33.8 Å². The summed E-state index contributed by atoms with van der Waals surface area (Å²) in [5.74, 6) is -6.42. The summed E-state index contributed by atoms with van der Waals surface area (Å²) in [5.41, 5.74) is -7.78. The van der Waals surface area contributed by atoms with E-state index in [1.165, 1.54) is 13.0 Å². The smallest absolute Gasteiger partial charge is 0.333 e. The molecule has 0 aromatic carbocycles. The van der Waals surface area contributed by atoms with E-state index < -0.39 is 100 Å². The molecule has 0 radical (unpaired) electrons. The van der Waals surface area contributed by atoms with Crippen LogP contribution in [0.25, 0.3) is 0 Å². The first kappa shape index (κ1) is 29.4. The fourth-order valence-corrected chi connectivity index (χ4v) is 8.44. The SMILES string of the molecule is C/C=C(\C)C(=O)OC1C(C)C2(O)C(C(O)C3(CO)OC3C3(O)C(=O)C(C)=CC32)C2C(C)(C)C12OC(=O)C(C)CC. The van der Waals surface area contributed by atoms with Gasteiger partial charge in [-0.05, 0) is 32.8 Å². The number of esters is 2. The molecule has 0 amide bonds. The molecule has 10 nitrogen and oxygen atoms in total. The molecule has 10 heteroatoms. The van der Waals surface area contributed by atoms with Crippen LogP contribution < -0.4 is 0 Å². The van der Waals surface area contributed by atoms with Gasteiger partial charge in [0.2, 0.25) is 0 Å². The molecule has 0 aromatic heterocycles. The first-order valence-corrected chi connectivity index (χ1v) is 14.2. The third-order valence-electron chi connectivity index (χ3n) is 11.3. The molecule has 0 bridgehead atoms. The molecule has 5 aliphatic rings. The highest BCUT2D eigenvalue weighted by Gasteiger charge is 2.93. The number of Topliss-reactive ketones (excluding diaryl/α,β-unsaturated/α-hetero) is 1.